The Hall–Kier alpha value is -7.74. The summed E-state index contributed by atoms with van der Waals surface area (Å²) < 4.78 is 0. The van der Waals surface area contributed by atoms with Crippen LogP contribution in [0.3, 0.4) is 0 Å². The molecule has 1 heteroatoms. The van der Waals surface area contributed by atoms with Crippen molar-refractivity contribution in [1.82, 2.24) is 0 Å². The molecule has 0 N–H and O–H groups in total. The van der Waals surface area contributed by atoms with E-state index < -0.39 is 0 Å². The Morgan fingerprint density at radius 2 is 0.906 bits per heavy atom. The number of rotatable bonds is 9. The SMILES string of the molecule is CC1(C)C2=C(C=CC(c3ccccc3)C2)c2ccc(N(c3ccccc3-c3ccc(-c4ccccc4)cc3)c3cccc(-c4ccccc4)c3-c3ccccc3-c3ccccc3)cc21. The summed E-state index contributed by atoms with van der Waals surface area (Å²) in [6, 6.07) is 84.4. The lowest BCUT2D eigenvalue weighted by molar-refractivity contribution is 0.591. The van der Waals surface area contributed by atoms with E-state index in [-0.39, 0.29) is 5.41 Å². The quantitative estimate of drug-likeness (QED) is 0.140. The topological polar surface area (TPSA) is 3.24 Å². The summed E-state index contributed by atoms with van der Waals surface area (Å²) in [4.78, 5) is 2.54. The first-order valence-electron chi connectivity index (χ1n) is 22.5. The standard InChI is InChI=1S/C63H49N/c1-63(2)58-42-50(45-22-9-4-10-23-45)38-40-55(58)56-41-39-51(43-59(56)63)64(60-32-18-17-29-53(60)49-36-34-46(35-37-49)44-20-7-3-8-21-44)61-33-19-31-54(48-26-13-6-14-27-48)62(61)57-30-16-15-28-52(57)47-24-11-5-12-25-47/h3-41,43,50H,42H2,1-2H3. The fourth-order valence-corrected chi connectivity index (χ4v) is 10.3. The first-order chi connectivity index (χ1) is 31.5. The molecule has 0 bridgehead atoms. The maximum Gasteiger partial charge on any atom is 0.0546 e. The highest BCUT2D eigenvalue weighted by atomic mass is 15.1. The van der Waals surface area contributed by atoms with Crippen LogP contribution < -0.4 is 4.90 Å². The largest absolute Gasteiger partial charge is 0.309 e. The zero-order valence-electron chi connectivity index (χ0n) is 36.3. The molecule has 9 aromatic carbocycles. The summed E-state index contributed by atoms with van der Waals surface area (Å²) in [5, 5.41) is 0. The minimum Gasteiger partial charge on any atom is -0.309 e. The molecule has 0 amide bonds. The van der Waals surface area contributed by atoms with E-state index in [0.717, 1.165) is 23.5 Å². The fourth-order valence-electron chi connectivity index (χ4n) is 10.3. The van der Waals surface area contributed by atoms with Gasteiger partial charge in [-0.3, -0.25) is 0 Å². The number of nitrogens with zero attached hydrogens (tertiary/aromatic N) is 1. The van der Waals surface area contributed by atoms with E-state index in [1.807, 2.05) is 0 Å². The predicted octanol–water partition coefficient (Wildman–Crippen LogP) is 17.3. The maximum atomic E-state index is 2.54. The fraction of sp³-hybridized carbons (Fsp3) is 0.0794. The average Bonchev–Trinajstić information content (AvgIpc) is 3.59. The first-order valence-corrected chi connectivity index (χ1v) is 22.5. The summed E-state index contributed by atoms with van der Waals surface area (Å²) in [6.45, 7) is 4.87. The van der Waals surface area contributed by atoms with Crippen molar-refractivity contribution in [2.75, 3.05) is 4.90 Å². The summed E-state index contributed by atoms with van der Waals surface area (Å²) >= 11 is 0. The van der Waals surface area contributed by atoms with E-state index in [4.69, 9.17) is 0 Å². The van der Waals surface area contributed by atoms with Gasteiger partial charge in [-0.2, -0.15) is 0 Å². The van der Waals surface area contributed by atoms with Gasteiger partial charge < -0.3 is 4.90 Å². The molecule has 1 atom stereocenters. The van der Waals surface area contributed by atoms with E-state index in [2.05, 4.69) is 261 Å². The summed E-state index contributed by atoms with van der Waals surface area (Å²) in [5.41, 5.74) is 22.1. The number of anilines is 3. The van der Waals surface area contributed by atoms with Crippen molar-refractivity contribution in [3.05, 3.63) is 265 Å². The summed E-state index contributed by atoms with van der Waals surface area (Å²) in [5.74, 6) is 0.359. The average molecular weight is 820 g/mol. The predicted molar refractivity (Wildman–Crippen MR) is 271 cm³/mol. The highest BCUT2D eigenvalue weighted by Gasteiger charge is 2.40. The molecular weight excluding hydrogens is 771 g/mol. The van der Waals surface area contributed by atoms with E-state index in [0.29, 0.717) is 5.92 Å². The lowest BCUT2D eigenvalue weighted by Gasteiger charge is -2.33. The molecular formula is C63H49N. The molecule has 64 heavy (non-hydrogen) atoms. The molecule has 0 saturated carbocycles. The van der Waals surface area contributed by atoms with Crippen molar-refractivity contribution in [2.24, 2.45) is 0 Å². The van der Waals surface area contributed by atoms with E-state index in [1.165, 1.54) is 83.5 Å². The van der Waals surface area contributed by atoms with Gasteiger partial charge in [-0.05, 0) is 97.5 Å². The molecule has 0 radical (unpaired) electrons. The van der Waals surface area contributed by atoms with Crippen LogP contribution in [0, 0.1) is 0 Å². The monoisotopic (exact) mass is 819 g/mol. The van der Waals surface area contributed by atoms with Crippen LogP contribution in [0.15, 0.2) is 248 Å². The molecule has 9 aromatic rings. The zero-order chi connectivity index (χ0) is 43.0. The van der Waals surface area contributed by atoms with Gasteiger partial charge in [-0.1, -0.05) is 238 Å². The molecule has 0 saturated heterocycles. The lowest BCUT2D eigenvalue weighted by Crippen LogP contribution is -2.20. The van der Waals surface area contributed by atoms with Gasteiger partial charge in [-0.25, -0.2) is 0 Å². The molecule has 2 aliphatic rings. The Kier molecular flexibility index (Phi) is 10.1. The Labute approximate surface area is 378 Å². The minimum absolute atomic E-state index is 0.161. The van der Waals surface area contributed by atoms with Gasteiger partial charge in [0.15, 0.2) is 0 Å². The van der Waals surface area contributed by atoms with E-state index in [1.54, 1.807) is 0 Å². The molecule has 0 spiro atoms. The van der Waals surface area contributed by atoms with Gasteiger partial charge in [0, 0.05) is 28.1 Å². The van der Waals surface area contributed by atoms with Crippen molar-refractivity contribution >= 4 is 22.6 Å². The molecule has 0 fully saturated rings. The van der Waals surface area contributed by atoms with Gasteiger partial charge in [0.05, 0.1) is 11.4 Å². The highest BCUT2D eigenvalue weighted by Crippen LogP contribution is 2.55. The van der Waals surface area contributed by atoms with Crippen LogP contribution in [0.5, 0.6) is 0 Å². The molecule has 11 rings (SSSR count). The lowest BCUT2D eigenvalue weighted by atomic mass is 9.75. The summed E-state index contributed by atoms with van der Waals surface area (Å²) in [6.07, 6.45) is 5.83. The molecule has 2 aliphatic carbocycles. The third kappa shape index (κ3) is 7.00. The first kappa shape index (κ1) is 39.1. The van der Waals surface area contributed by atoms with Crippen molar-refractivity contribution < 1.29 is 0 Å². The summed E-state index contributed by atoms with van der Waals surface area (Å²) in [7, 11) is 0. The van der Waals surface area contributed by atoms with Crippen molar-refractivity contribution in [1.29, 1.82) is 0 Å². The highest BCUT2D eigenvalue weighted by molar-refractivity contribution is 6.03. The van der Waals surface area contributed by atoms with Crippen LogP contribution in [0.2, 0.25) is 0 Å². The van der Waals surface area contributed by atoms with Crippen LogP contribution in [0.4, 0.5) is 17.1 Å². The van der Waals surface area contributed by atoms with Crippen molar-refractivity contribution in [3.63, 3.8) is 0 Å². The molecule has 0 heterocycles. The number of allylic oxidation sites excluding steroid dienone is 4. The molecule has 306 valence electrons. The van der Waals surface area contributed by atoms with Crippen molar-refractivity contribution in [2.45, 2.75) is 31.6 Å². The maximum absolute atomic E-state index is 2.54. The number of benzene rings is 9. The third-order valence-electron chi connectivity index (χ3n) is 13.5. The number of hydrogen-bond donors (Lipinski definition) is 0. The van der Waals surface area contributed by atoms with E-state index >= 15 is 0 Å². The van der Waals surface area contributed by atoms with Crippen LogP contribution >= 0.6 is 0 Å². The Balaban J connectivity index is 1.14. The Morgan fingerprint density at radius 3 is 1.59 bits per heavy atom. The Morgan fingerprint density at radius 1 is 0.406 bits per heavy atom. The second-order valence-corrected chi connectivity index (χ2v) is 17.6. The van der Waals surface area contributed by atoms with Crippen LogP contribution in [0.25, 0.3) is 61.2 Å². The van der Waals surface area contributed by atoms with Crippen LogP contribution in [-0.2, 0) is 5.41 Å². The van der Waals surface area contributed by atoms with Gasteiger partial charge in [0.2, 0.25) is 0 Å². The number of para-hydroxylation sites is 1. The smallest absolute Gasteiger partial charge is 0.0546 e. The number of hydrogen-bond acceptors (Lipinski definition) is 1. The molecule has 0 aromatic heterocycles. The van der Waals surface area contributed by atoms with Crippen molar-refractivity contribution in [3.8, 4) is 55.6 Å². The molecule has 0 aliphatic heterocycles. The normalized spacial score (nSPS) is 14.8. The Bertz CT molecular complexity index is 3180. The van der Waals surface area contributed by atoms with E-state index in [9.17, 15) is 0 Å². The van der Waals surface area contributed by atoms with Crippen LogP contribution in [-0.4, -0.2) is 0 Å². The van der Waals surface area contributed by atoms with Crippen LogP contribution in [0.1, 0.15) is 42.9 Å². The zero-order valence-corrected chi connectivity index (χ0v) is 36.3. The molecule has 1 nitrogen and oxygen atoms in total. The second kappa shape index (κ2) is 16.5. The second-order valence-electron chi connectivity index (χ2n) is 17.6. The minimum atomic E-state index is -0.161. The van der Waals surface area contributed by atoms with Gasteiger partial charge in [0.25, 0.3) is 0 Å². The number of fused-ring (bicyclic) bond motifs is 2. The molecule has 1 unspecified atom stereocenters. The van der Waals surface area contributed by atoms with Gasteiger partial charge in [0.1, 0.15) is 0 Å². The van der Waals surface area contributed by atoms with Gasteiger partial charge >= 0.3 is 0 Å². The third-order valence-corrected chi connectivity index (χ3v) is 13.5. The van der Waals surface area contributed by atoms with Gasteiger partial charge in [-0.15, -0.1) is 0 Å².